The molecule has 5 heteroatoms. The van der Waals surface area contributed by atoms with Crippen molar-refractivity contribution in [2.24, 2.45) is 0 Å². The normalized spacial score (nSPS) is 11.9. The van der Waals surface area contributed by atoms with Gasteiger partial charge in [-0.25, -0.2) is 0 Å². The Morgan fingerprint density at radius 2 is 2.00 bits per heavy atom. The summed E-state index contributed by atoms with van der Waals surface area (Å²) in [6.45, 7) is 3.77. The zero-order valence-corrected chi connectivity index (χ0v) is 11.3. The Hall–Kier alpha value is -2.56. The van der Waals surface area contributed by atoms with Crippen molar-refractivity contribution in [1.29, 1.82) is 0 Å². The second-order valence-electron chi connectivity index (χ2n) is 4.74. The number of benzene rings is 2. The number of rotatable bonds is 4. The number of hydrogen-bond donors (Lipinski definition) is 2. The number of nitro groups is 1. The smallest absolute Gasteiger partial charge is 0.292 e. The Morgan fingerprint density at radius 3 is 2.65 bits per heavy atom. The van der Waals surface area contributed by atoms with Crippen molar-refractivity contribution in [2.45, 2.75) is 19.9 Å². The van der Waals surface area contributed by atoms with Gasteiger partial charge >= 0.3 is 0 Å². The van der Waals surface area contributed by atoms with Gasteiger partial charge in [-0.2, -0.15) is 0 Å². The molecule has 0 heterocycles. The van der Waals surface area contributed by atoms with Gasteiger partial charge in [-0.3, -0.25) is 10.1 Å². The molecule has 0 aromatic heterocycles. The molecular formula is C15H16N2O3. The lowest BCUT2D eigenvalue weighted by atomic mass is 10.1. The van der Waals surface area contributed by atoms with E-state index in [2.05, 4.69) is 5.32 Å². The van der Waals surface area contributed by atoms with Crippen molar-refractivity contribution < 1.29 is 10.0 Å². The van der Waals surface area contributed by atoms with Crippen molar-refractivity contribution >= 4 is 11.4 Å². The second-order valence-corrected chi connectivity index (χ2v) is 4.74. The summed E-state index contributed by atoms with van der Waals surface area (Å²) in [6, 6.07) is 11.6. The quantitative estimate of drug-likeness (QED) is 0.656. The molecule has 1 unspecified atom stereocenters. The van der Waals surface area contributed by atoms with Crippen LogP contribution in [0.4, 0.5) is 11.4 Å². The predicted octanol–water partition coefficient (Wildman–Crippen LogP) is 3.78. The maximum atomic E-state index is 11.0. The Labute approximate surface area is 117 Å². The monoisotopic (exact) mass is 272 g/mol. The van der Waals surface area contributed by atoms with Gasteiger partial charge in [0.05, 0.1) is 4.92 Å². The minimum absolute atomic E-state index is 0.0441. The Kier molecular flexibility index (Phi) is 3.89. The third kappa shape index (κ3) is 3.06. The molecule has 0 saturated heterocycles. The number of anilines is 1. The lowest BCUT2D eigenvalue weighted by molar-refractivity contribution is -0.384. The fourth-order valence-corrected chi connectivity index (χ4v) is 2.04. The molecule has 0 amide bonds. The number of phenols is 1. The summed E-state index contributed by atoms with van der Waals surface area (Å²) in [7, 11) is 0. The van der Waals surface area contributed by atoms with Gasteiger partial charge in [0.2, 0.25) is 0 Å². The van der Waals surface area contributed by atoms with E-state index in [0.717, 1.165) is 11.1 Å². The molecule has 5 nitrogen and oxygen atoms in total. The highest BCUT2D eigenvalue weighted by molar-refractivity contribution is 5.63. The number of nitrogens with one attached hydrogen (secondary N) is 1. The third-order valence-corrected chi connectivity index (χ3v) is 3.09. The van der Waals surface area contributed by atoms with E-state index in [4.69, 9.17) is 0 Å². The van der Waals surface area contributed by atoms with Crippen LogP contribution >= 0.6 is 0 Å². The average molecular weight is 272 g/mol. The first-order chi connectivity index (χ1) is 9.47. The minimum atomic E-state index is -0.406. The first-order valence-corrected chi connectivity index (χ1v) is 6.28. The number of nitro benzene ring substituents is 1. The summed E-state index contributed by atoms with van der Waals surface area (Å²) in [5.41, 5.74) is 2.33. The van der Waals surface area contributed by atoms with Gasteiger partial charge in [0.15, 0.2) is 0 Å². The zero-order chi connectivity index (χ0) is 14.7. The Bertz CT molecular complexity index is 641. The number of hydrogen-bond acceptors (Lipinski definition) is 4. The fourth-order valence-electron chi connectivity index (χ4n) is 2.04. The number of phenolic OH excluding ortho intramolecular Hbond substituents is 1. The molecule has 1 atom stereocenters. The molecule has 0 spiro atoms. The molecule has 0 aliphatic carbocycles. The van der Waals surface area contributed by atoms with Crippen LogP contribution in [0.2, 0.25) is 0 Å². The summed E-state index contributed by atoms with van der Waals surface area (Å²) in [6.07, 6.45) is 0. The summed E-state index contributed by atoms with van der Waals surface area (Å²) >= 11 is 0. The SMILES string of the molecule is Cc1ccc([N+](=O)[O-])c(NC(C)c2cccc(O)c2)c1. The lowest BCUT2D eigenvalue weighted by Crippen LogP contribution is -2.08. The topological polar surface area (TPSA) is 75.4 Å². The van der Waals surface area contributed by atoms with Crippen LogP contribution in [0.15, 0.2) is 42.5 Å². The highest BCUT2D eigenvalue weighted by Gasteiger charge is 2.16. The highest BCUT2D eigenvalue weighted by Crippen LogP contribution is 2.29. The van der Waals surface area contributed by atoms with Gasteiger partial charge < -0.3 is 10.4 Å². The van der Waals surface area contributed by atoms with Crippen molar-refractivity contribution in [3.05, 3.63) is 63.7 Å². The van der Waals surface area contributed by atoms with Gasteiger partial charge in [0.25, 0.3) is 5.69 Å². The first-order valence-electron chi connectivity index (χ1n) is 6.28. The van der Waals surface area contributed by atoms with Gasteiger partial charge in [-0.05, 0) is 43.2 Å². The van der Waals surface area contributed by atoms with Crippen LogP contribution in [0, 0.1) is 17.0 Å². The molecule has 0 saturated carbocycles. The van der Waals surface area contributed by atoms with E-state index in [9.17, 15) is 15.2 Å². The molecule has 104 valence electrons. The van der Waals surface area contributed by atoms with Crippen LogP contribution in [-0.4, -0.2) is 10.0 Å². The average Bonchev–Trinajstić information content (AvgIpc) is 2.38. The van der Waals surface area contributed by atoms with E-state index in [1.807, 2.05) is 19.9 Å². The van der Waals surface area contributed by atoms with Crippen LogP contribution < -0.4 is 5.32 Å². The van der Waals surface area contributed by atoms with Crippen molar-refractivity contribution in [1.82, 2.24) is 0 Å². The minimum Gasteiger partial charge on any atom is -0.508 e. The van der Waals surface area contributed by atoms with Crippen molar-refractivity contribution in [3.63, 3.8) is 0 Å². The zero-order valence-electron chi connectivity index (χ0n) is 11.3. The number of aryl methyl sites for hydroxylation is 1. The molecular weight excluding hydrogens is 256 g/mol. The Morgan fingerprint density at radius 1 is 1.25 bits per heavy atom. The summed E-state index contributed by atoms with van der Waals surface area (Å²) in [5.74, 6) is 0.176. The summed E-state index contributed by atoms with van der Waals surface area (Å²) in [5, 5.41) is 23.6. The van der Waals surface area contributed by atoms with Gasteiger partial charge in [0, 0.05) is 12.1 Å². The van der Waals surface area contributed by atoms with Crippen LogP contribution in [-0.2, 0) is 0 Å². The van der Waals surface area contributed by atoms with E-state index < -0.39 is 4.92 Å². The molecule has 0 aliphatic rings. The van der Waals surface area contributed by atoms with Gasteiger partial charge in [-0.15, -0.1) is 0 Å². The molecule has 0 fully saturated rings. The van der Waals surface area contributed by atoms with Crippen LogP contribution in [0.3, 0.4) is 0 Å². The summed E-state index contributed by atoms with van der Waals surface area (Å²) in [4.78, 5) is 10.6. The largest absolute Gasteiger partial charge is 0.508 e. The lowest BCUT2D eigenvalue weighted by Gasteiger charge is -2.16. The Balaban J connectivity index is 2.29. The number of nitrogens with zero attached hydrogens (tertiary/aromatic N) is 1. The summed E-state index contributed by atoms with van der Waals surface area (Å²) < 4.78 is 0. The van der Waals surface area contributed by atoms with Crippen molar-refractivity contribution in [2.75, 3.05) is 5.32 Å². The fraction of sp³-hybridized carbons (Fsp3) is 0.200. The van der Waals surface area contributed by atoms with Gasteiger partial charge in [-0.1, -0.05) is 18.2 Å². The maximum absolute atomic E-state index is 11.0. The molecule has 0 aliphatic heterocycles. The van der Waals surface area contributed by atoms with E-state index in [1.165, 1.54) is 6.07 Å². The standard InChI is InChI=1S/C15H16N2O3/c1-10-6-7-15(17(19)20)14(8-10)16-11(2)12-4-3-5-13(18)9-12/h3-9,11,16,18H,1-2H3. The molecule has 20 heavy (non-hydrogen) atoms. The van der Waals surface area contributed by atoms with Gasteiger partial charge in [0.1, 0.15) is 11.4 Å². The van der Waals surface area contributed by atoms with E-state index in [1.54, 1.807) is 30.3 Å². The first kappa shape index (κ1) is 13.9. The molecule has 2 aromatic carbocycles. The van der Waals surface area contributed by atoms with Crippen LogP contribution in [0.1, 0.15) is 24.1 Å². The van der Waals surface area contributed by atoms with Crippen LogP contribution in [0.5, 0.6) is 5.75 Å². The molecule has 0 radical (unpaired) electrons. The van der Waals surface area contributed by atoms with E-state index in [-0.39, 0.29) is 17.5 Å². The molecule has 2 aromatic rings. The van der Waals surface area contributed by atoms with Crippen LogP contribution in [0.25, 0.3) is 0 Å². The number of aromatic hydroxyl groups is 1. The predicted molar refractivity (Wildman–Crippen MR) is 78.0 cm³/mol. The maximum Gasteiger partial charge on any atom is 0.292 e. The molecule has 2 rings (SSSR count). The molecule has 0 bridgehead atoms. The van der Waals surface area contributed by atoms with E-state index in [0.29, 0.717) is 5.69 Å². The second kappa shape index (κ2) is 5.61. The van der Waals surface area contributed by atoms with Crippen molar-refractivity contribution in [3.8, 4) is 5.75 Å². The molecule has 2 N–H and O–H groups in total. The highest BCUT2D eigenvalue weighted by atomic mass is 16.6. The third-order valence-electron chi connectivity index (χ3n) is 3.09. The van der Waals surface area contributed by atoms with E-state index >= 15 is 0 Å².